The van der Waals surface area contributed by atoms with E-state index in [1.807, 2.05) is 11.8 Å². The second kappa shape index (κ2) is 3.10. The SMILES string of the molecule is Nn1c(C2CCCS2)n[nH]c1=S. The molecule has 1 aliphatic heterocycles. The molecule has 1 aliphatic rings. The minimum Gasteiger partial charge on any atom is -0.335 e. The molecule has 0 aliphatic carbocycles. The van der Waals surface area contributed by atoms with E-state index in [0.29, 0.717) is 10.0 Å². The van der Waals surface area contributed by atoms with Gasteiger partial charge in [0.1, 0.15) is 0 Å². The number of thioether (sulfide) groups is 1. The van der Waals surface area contributed by atoms with Crippen LogP contribution in [0.25, 0.3) is 0 Å². The van der Waals surface area contributed by atoms with E-state index in [2.05, 4.69) is 10.2 Å². The summed E-state index contributed by atoms with van der Waals surface area (Å²) in [5.41, 5.74) is 0. The number of aromatic amines is 1. The molecule has 1 fully saturated rings. The molecule has 0 amide bonds. The van der Waals surface area contributed by atoms with Crippen molar-refractivity contribution in [2.75, 3.05) is 11.6 Å². The molecule has 2 rings (SSSR count). The zero-order chi connectivity index (χ0) is 8.55. The third-order valence-electron chi connectivity index (χ3n) is 1.95. The van der Waals surface area contributed by atoms with Gasteiger partial charge in [0.05, 0.1) is 5.25 Å². The maximum absolute atomic E-state index is 5.69. The Morgan fingerprint density at radius 1 is 1.75 bits per heavy atom. The van der Waals surface area contributed by atoms with Crippen molar-refractivity contribution in [1.82, 2.24) is 14.9 Å². The summed E-state index contributed by atoms with van der Waals surface area (Å²) in [6.07, 6.45) is 2.40. The first-order valence-corrected chi connectivity index (χ1v) is 5.29. The smallest absolute Gasteiger partial charge is 0.214 e. The van der Waals surface area contributed by atoms with Crippen molar-refractivity contribution in [3.63, 3.8) is 0 Å². The van der Waals surface area contributed by atoms with Gasteiger partial charge >= 0.3 is 0 Å². The molecule has 0 bridgehead atoms. The Morgan fingerprint density at radius 3 is 3.08 bits per heavy atom. The number of H-pyrrole nitrogens is 1. The Hall–Kier alpha value is -0.490. The highest BCUT2D eigenvalue weighted by atomic mass is 32.2. The van der Waals surface area contributed by atoms with Gasteiger partial charge in [-0.3, -0.25) is 5.10 Å². The minimum absolute atomic E-state index is 0.433. The van der Waals surface area contributed by atoms with Crippen molar-refractivity contribution in [3.8, 4) is 0 Å². The number of nitrogens with one attached hydrogen (secondary N) is 1. The maximum atomic E-state index is 5.69. The van der Waals surface area contributed by atoms with Crippen LogP contribution in [0.4, 0.5) is 0 Å². The Balaban J connectivity index is 2.32. The van der Waals surface area contributed by atoms with E-state index in [4.69, 9.17) is 18.1 Å². The van der Waals surface area contributed by atoms with Crippen LogP contribution in [-0.4, -0.2) is 20.6 Å². The fourth-order valence-corrected chi connectivity index (χ4v) is 2.73. The number of hydrogen-bond acceptors (Lipinski definition) is 4. The minimum atomic E-state index is 0.433. The van der Waals surface area contributed by atoms with Gasteiger partial charge in [0, 0.05) is 0 Å². The second-order valence-electron chi connectivity index (χ2n) is 2.76. The highest BCUT2D eigenvalue weighted by Gasteiger charge is 2.22. The molecule has 1 atom stereocenters. The summed E-state index contributed by atoms with van der Waals surface area (Å²) in [5.74, 6) is 7.76. The molecule has 3 N–H and O–H groups in total. The lowest BCUT2D eigenvalue weighted by molar-refractivity contribution is 0.743. The van der Waals surface area contributed by atoms with Crippen LogP contribution in [-0.2, 0) is 0 Å². The molecule has 1 aromatic rings. The van der Waals surface area contributed by atoms with Gasteiger partial charge in [-0.25, -0.2) is 4.68 Å². The summed E-state index contributed by atoms with van der Waals surface area (Å²) in [7, 11) is 0. The Labute approximate surface area is 79.5 Å². The molecule has 0 radical (unpaired) electrons. The van der Waals surface area contributed by atoms with Gasteiger partial charge in [-0.15, -0.1) is 0 Å². The van der Waals surface area contributed by atoms with Gasteiger partial charge in [-0.05, 0) is 30.8 Å². The first kappa shape index (κ1) is 8.12. The van der Waals surface area contributed by atoms with Crippen LogP contribution < -0.4 is 5.84 Å². The molecule has 12 heavy (non-hydrogen) atoms. The van der Waals surface area contributed by atoms with Gasteiger partial charge in [-0.1, -0.05) is 0 Å². The topological polar surface area (TPSA) is 59.6 Å². The maximum Gasteiger partial charge on any atom is 0.214 e. The number of nitrogens with zero attached hydrogens (tertiary/aromatic N) is 2. The van der Waals surface area contributed by atoms with Crippen molar-refractivity contribution in [2.24, 2.45) is 0 Å². The fourth-order valence-electron chi connectivity index (χ4n) is 1.33. The third kappa shape index (κ3) is 1.25. The standard InChI is InChI=1S/C6H10N4S2/c7-10-5(8-9-6(10)11)4-2-1-3-12-4/h4H,1-3,7H2,(H,9,11). The van der Waals surface area contributed by atoms with Crippen LogP contribution in [0.3, 0.4) is 0 Å². The quantitative estimate of drug-likeness (QED) is 0.531. The first-order valence-electron chi connectivity index (χ1n) is 3.83. The van der Waals surface area contributed by atoms with Crippen molar-refractivity contribution >= 4 is 24.0 Å². The van der Waals surface area contributed by atoms with Crippen LogP contribution in [0, 0.1) is 4.77 Å². The van der Waals surface area contributed by atoms with Crippen LogP contribution >= 0.6 is 24.0 Å². The molecular weight excluding hydrogens is 192 g/mol. The van der Waals surface area contributed by atoms with Gasteiger partial charge in [0.25, 0.3) is 0 Å². The first-order chi connectivity index (χ1) is 5.79. The van der Waals surface area contributed by atoms with E-state index in [0.717, 1.165) is 12.2 Å². The summed E-state index contributed by atoms with van der Waals surface area (Å²) in [6.45, 7) is 0. The fraction of sp³-hybridized carbons (Fsp3) is 0.667. The Kier molecular flexibility index (Phi) is 2.10. The number of nitrogens with two attached hydrogens (primary N) is 1. The van der Waals surface area contributed by atoms with Crippen LogP contribution in [0.15, 0.2) is 0 Å². The number of rotatable bonds is 1. The predicted molar refractivity (Wildman–Crippen MR) is 52.0 cm³/mol. The zero-order valence-corrected chi connectivity index (χ0v) is 8.12. The van der Waals surface area contributed by atoms with E-state index >= 15 is 0 Å². The molecule has 2 heterocycles. The molecule has 1 unspecified atom stereocenters. The number of hydrogen-bond donors (Lipinski definition) is 2. The second-order valence-corrected chi connectivity index (χ2v) is 4.46. The van der Waals surface area contributed by atoms with E-state index in [1.54, 1.807) is 0 Å². The van der Waals surface area contributed by atoms with Crippen LogP contribution in [0.1, 0.15) is 23.9 Å². The molecule has 6 heteroatoms. The van der Waals surface area contributed by atoms with Crippen LogP contribution in [0.2, 0.25) is 0 Å². The summed E-state index contributed by atoms with van der Waals surface area (Å²) in [4.78, 5) is 0. The Morgan fingerprint density at radius 2 is 2.58 bits per heavy atom. The van der Waals surface area contributed by atoms with Gasteiger partial charge in [0.15, 0.2) is 5.82 Å². The average Bonchev–Trinajstić information content (AvgIpc) is 2.64. The van der Waals surface area contributed by atoms with Crippen molar-refractivity contribution < 1.29 is 0 Å². The molecule has 0 aromatic carbocycles. The van der Waals surface area contributed by atoms with E-state index in [1.165, 1.54) is 16.8 Å². The zero-order valence-electron chi connectivity index (χ0n) is 6.49. The van der Waals surface area contributed by atoms with Crippen molar-refractivity contribution in [2.45, 2.75) is 18.1 Å². The molecule has 66 valence electrons. The lowest BCUT2D eigenvalue weighted by Crippen LogP contribution is -2.13. The molecular formula is C6H10N4S2. The largest absolute Gasteiger partial charge is 0.335 e. The third-order valence-corrected chi connectivity index (χ3v) is 3.61. The number of nitrogen functional groups attached to an aromatic ring is 1. The predicted octanol–water partition coefficient (Wildman–Crippen LogP) is 1.22. The molecule has 0 spiro atoms. The van der Waals surface area contributed by atoms with Gasteiger partial charge < -0.3 is 5.84 Å². The summed E-state index contributed by atoms with van der Waals surface area (Å²) in [6, 6.07) is 0. The van der Waals surface area contributed by atoms with Gasteiger partial charge in [-0.2, -0.15) is 16.9 Å². The Bertz CT molecular complexity index is 323. The van der Waals surface area contributed by atoms with Crippen molar-refractivity contribution in [3.05, 3.63) is 10.6 Å². The molecule has 1 aromatic heterocycles. The molecule has 4 nitrogen and oxygen atoms in total. The van der Waals surface area contributed by atoms with Crippen molar-refractivity contribution in [1.29, 1.82) is 0 Å². The monoisotopic (exact) mass is 202 g/mol. The van der Waals surface area contributed by atoms with Crippen LogP contribution in [0.5, 0.6) is 0 Å². The molecule has 0 saturated carbocycles. The average molecular weight is 202 g/mol. The lowest BCUT2D eigenvalue weighted by atomic mass is 10.2. The summed E-state index contributed by atoms with van der Waals surface area (Å²) < 4.78 is 1.97. The summed E-state index contributed by atoms with van der Waals surface area (Å²) in [5, 5.41) is 7.22. The highest BCUT2D eigenvalue weighted by molar-refractivity contribution is 7.99. The van der Waals surface area contributed by atoms with E-state index in [9.17, 15) is 0 Å². The summed E-state index contributed by atoms with van der Waals surface area (Å²) >= 11 is 6.81. The van der Waals surface area contributed by atoms with E-state index < -0.39 is 0 Å². The number of aromatic nitrogens is 3. The van der Waals surface area contributed by atoms with E-state index in [-0.39, 0.29) is 0 Å². The molecule has 1 saturated heterocycles. The highest BCUT2D eigenvalue weighted by Crippen LogP contribution is 2.38. The lowest BCUT2D eigenvalue weighted by Gasteiger charge is -2.05. The normalized spacial score (nSPS) is 23.2. The van der Waals surface area contributed by atoms with Gasteiger partial charge in [0.2, 0.25) is 4.77 Å².